The summed E-state index contributed by atoms with van der Waals surface area (Å²) in [5.74, 6) is -2.25. The van der Waals surface area contributed by atoms with Gasteiger partial charge in [0.1, 0.15) is 0 Å². The van der Waals surface area contributed by atoms with Gasteiger partial charge in [-0.3, -0.25) is 9.59 Å². The molecular weight excluding hydrogens is 302 g/mol. The Hall–Kier alpha value is -2.44. The van der Waals surface area contributed by atoms with Crippen molar-refractivity contribution in [3.05, 3.63) is 32.7 Å². The zero-order chi connectivity index (χ0) is 17.7. The Bertz CT molecular complexity index is 702. The average molecular weight is 323 g/mol. The molecule has 1 heterocycles. The number of hydrogen-bond acceptors (Lipinski definition) is 6. The molecule has 0 saturated heterocycles. The van der Waals surface area contributed by atoms with Gasteiger partial charge in [0.15, 0.2) is 5.78 Å². The summed E-state index contributed by atoms with van der Waals surface area (Å²) >= 11 is 0. The third-order valence-corrected chi connectivity index (χ3v) is 3.36. The molecule has 0 atom stereocenters. The molecule has 7 nitrogen and oxygen atoms in total. The van der Waals surface area contributed by atoms with Crippen LogP contribution in [-0.4, -0.2) is 35.5 Å². The maximum Gasteiger partial charge on any atom is 0.340 e. The highest BCUT2D eigenvalue weighted by atomic mass is 16.5. The molecule has 0 N–H and O–H groups in total. The quantitative estimate of drug-likeness (QED) is 0.582. The first-order chi connectivity index (χ1) is 10.8. The molecule has 0 unspecified atom stereocenters. The van der Waals surface area contributed by atoms with Crippen molar-refractivity contribution in [3.63, 3.8) is 0 Å². The molecule has 23 heavy (non-hydrogen) atoms. The van der Waals surface area contributed by atoms with E-state index in [1.165, 1.54) is 18.5 Å². The summed E-state index contributed by atoms with van der Waals surface area (Å²) in [7, 11) is 1.45. The normalized spacial score (nSPS) is 10.3. The Kier molecular flexibility index (Phi) is 6.24. The van der Waals surface area contributed by atoms with Crippen LogP contribution in [0, 0.1) is 0 Å². The highest BCUT2D eigenvalue weighted by Gasteiger charge is 2.31. The van der Waals surface area contributed by atoms with E-state index in [2.05, 4.69) is 0 Å². The molecule has 0 saturated carbocycles. The van der Waals surface area contributed by atoms with Crippen LogP contribution in [-0.2, 0) is 22.9 Å². The van der Waals surface area contributed by atoms with Crippen molar-refractivity contribution < 1.29 is 23.9 Å². The number of carbonyl (C=O) groups is 3. The van der Waals surface area contributed by atoms with Crippen LogP contribution in [0.15, 0.2) is 4.79 Å². The van der Waals surface area contributed by atoms with Gasteiger partial charge in [0.05, 0.1) is 29.9 Å². The number of hydrogen-bond donors (Lipinski definition) is 0. The Labute approximate surface area is 134 Å². The molecule has 0 bridgehead atoms. The van der Waals surface area contributed by atoms with Gasteiger partial charge in [-0.1, -0.05) is 6.92 Å². The van der Waals surface area contributed by atoms with Crippen molar-refractivity contribution >= 4 is 17.7 Å². The van der Waals surface area contributed by atoms with Gasteiger partial charge in [0.25, 0.3) is 5.56 Å². The summed E-state index contributed by atoms with van der Waals surface area (Å²) in [6.07, 6.45) is 0.310. The van der Waals surface area contributed by atoms with Crippen LogP contribution in [0.4, 0.5) is 0 Å². The van der Waals surface area contributed by atoms with Gasteiger partial charge >= 0.3 is 11.9 Å². The summed E-state index contributed by atoms with van der Waals surface area (Å²) in [4.78, 5) is 49.0. The molecule has 1 aromatic heterocycles. The van der Waals surface area contributed by atoms with E-state index in [9.17, 15) is 19.2 Å². The number of rotatable bonds is 6. The van der Waals surface area contributed by atoms with E-state index in [-0.39, 0.29) is 29.9 Å². The van der Waals surface area contributed by atoms with Crippen LogP contribution >= 0.6 is 0 Å². The topological polar surface area (TPSA) is 91.7 Å². The van der Waals surface area contributed by atoms with Crippen molar-refractivity contribution in [2.75, 3.05) is 13.2 Å². The highest BCUT2D eigenvalue weighted by Crippen LogP contribution is 2.20. The Balaban J connectivity index is 3.94. The van der Waals surface area contributed by atoms with E-state index in [0.29, 0.717) is 12.1 Å². The van der Waals surface area contributed by atoms with Crippen LogP contribution in [0.3, 0.4) is 0 Å². The molecule has 0 aliphatic rings. The number of esters is 2. The van der Waals surface area contributed by atoms with E-state index in [0.717, 1.165) is 0 Å². The number of aromatic nitrogens is 1. The second-order valence-corrected chi connectivity index (χ2v) is 4.79. The third-order valence-electron chi connectivity index (χ3n) is 3.36. The summed E-state index contributed by atoms with van der Waals surface area (Å²) < 4.78 is 11.1. The van der Waals surface area contributed by atoms with Gasteiger partial charge in [-0.25, -0.2) is 9.59 Å². The first-order valence-electron chi connectivity index (χ1n) is 7.42. The highest BCUT2D eigenvalue weighted by molar-refractivity contribution is 6.11. The Morgan fingerprint density at radius 3 is 1.78 bits per heavy atom. The van der Waals surface area contributed by atoms with Gasteiger partial charge in [-0.15, -0.1) is 0 Å². The average Bonchev–Trinajstić information content (AvgIpc) is 2.48. The molecule has 0 aliphatic carbocycles. The predicted molar refractivity (Wildman–Crippen MR) is 83.0 cm³/mol. The standard InChI is InChI=1S/C16H21NO6/c1-6-10-12(15(20)22-7-2)13(16(21)23-8-3)11(9(4)18)14(19)17(10)5/h6-8H2,1-5H3. The lowest BCUT2D eigenvalue weighted by atomic mass is 9.97. The van der Waals surface area contributed by atoms with E-state index < -0.39 is 23.3 Å². The molecule has 0 amide bonds. The lowest BCUT2D eigenvalue weighted by Gasteiger charge is -2.18. The van der Waals surface area contributed by atoms with Crippen molar-refractivity contribution in [1.29, 1.82) is 0 Å². The summed E-state index contributed by atoms with van der Waals surface area (Å²) in [5.41, 5.74) is -1.06. The van der Waals surface area contributed by atoms with Gasteiger partial charge in [0.2, 0.25) is 0 Å². The molecule has 0 radical (unpaired) electrons. The first-order valence-corrected chi connectivity index (χ1v) is 7.42. The summed E-state index contributed by atoms with van der Waals surface area (Å²) in [6.45, 7) is 6.27. The lowest BCUT2D eigenvalue weighted by molar-refractivity contribution is 0.0474. The SMILES string of the molecule is CCOC(=O)c1c(C(=O)OCC)c(CC)n(C)c(=O)c1C(C)=O. The van der Waals surface area contributed by atoms with E-state index >= 15 is 0 Å². The van der Waals surface area contributed by atoms with Gasteiger partial charge in [0, 0.05) is 12.7 Å². The van der Waals surface area contributed by atoms with Crippen LogP contribution < -0.4 is 5.56 Å². The Morgan fingerprint density at radius 1 is 0.913 bits per heavy atom. The molecular formula is C16H21NO6. The number of ketones is 1. The molecule has 7 heteroatoms. The number of Topliss-reactive ketones (excluding diaryl/α,β-unsaturated/α-hetero) is 1. The van der Waals surface area contributed by atoms with Crippen molar-refractivity contribution in [1.82, 2.24) is 4.57 Å². The minimum Gasteiger partial charge on any atom is -0.462 e. The minimum atomic E-state index is -0.881. The van der Waals surface area contributed by atoms with E-state index in [1.54, 1.807) is 20.8 Å². The van der Waals surface area contributed by atoms with Crippen LogP contribution in [0.1, 0.15) is 64.5 Å². The zero-order valence-electron chi connectivity index (χ0n) is 14.0. The molecule has 0 aromatic carbocycles. The van der Waals surface area contributed by atoms with Gasteiger partial charge in [-0.2, -0.15) is 0 Å². The fourth-order valence-electron chi connectivity index (χ4n) is 2.41. The van der Waals surface area contributed by atoms with Crippen LogP contribution in [0.5, 0.6) is 0 Å². The first kappa shape index (κ1) is 18.6. The monoisotopic (exact) mass is 323 g/mol. The summed E-state index contributed by atoms with van der Waals surface area (Å²) in [5, 5.41) is 0. The second kappa shape index (κ2) is 7.71. The third kappa shape index (κ3) is 3.49. The molecule has 0 spiro atoms. The maximum absolute atomic E-state index is 12.4. The van der Waals surface area contributed by atoms with Gasteiger partial charge < -0.3 is 14.0 Å². The molecule has 1 rings (SSSR count). The minimum absolute atomic E-state index is 0.0507. The fourth-order valence-corrected chi connectivity index (χ4v) is 2.41. The second-order valence-electron chi connectivity index (χ2n) is 4.79. The maximum atomic E-state index is 12.4. The molecule has 126 valence electrons. The van der Waals surface area contributed by atoms with Crippen molar-refractivity contribution in [2.24, 2.45) is 7.05 Å². The van der Waals surface area contributed by atoms with Crippen molar-refractivity contribution in [2.45, 2.75) is 34.1 Å². The molecule has 0 aliphatic heterocycles. The predicted octanol–water partition coefficient (Wildman–Crippen LogP) is 1.50. The summed E-state index contributed by atoms with van der Waals surface area (Å²) in [6, 6.07) is 0. The number of ether oxygens (including phenoxy) is 2. The van der Waals surface area contributed by atoms with E-state index in [4.69, 9.17) is 9.47 Å². The van der Waals surface area contributed by atoms with Crippen LogP contribution in [0.2, 0.25) is 0 Å². The number of nitrogens with zero attached hydrogens (tertiary/aromatic N) is 1. The van der Waals surface area contributed by atoms with Crippen LogP contribution in [0.25, 0.3) is 0 Å². The smallest absolute Gasteiger partial charge is 0.340 e. The van der Waals surface area contributed by atoms with Crippen molar-refractivity contribution in [3.8, 4) is 0 Å². The largest absolute Gasteiger partial charge is 0.462 e. The van der Waals surface area contributed by atoms with Gasteiger partial charge in [-0.05, 0) is 27.2 Å². The molecule has 0 fully saturated rings. The fraction of sp³-hybridized carbons (Fsp3) is 0.500. The Morgan fingerprint density at radius 2 is 1.39 bits per heavy atom. The number of carbonyl (C=O) groups excluding carboxylic acids is 3. The zero-order valence-corrected chi connectivity index (χ0v) is 14.0. The molecule has 1 aromatic rings. The number of pyridine rings is 1. The van der Waals surface area contributed by atoms with E-state index in [1.807, 2.05) is 0 Å². The lowest BCUT2D eigenvalue weighted by Crippen LogP contribution is -2.34.